The van der Waals surface area contributed by atoms with Gasteiger partial charge in [0.05, 0.1) is 0 Å². The molecule has 0 spiro atoms. The number of nitrogens with zero attached hydrogens (tertiary/aromatic N) is 3. The molecule has 2 N–H and O–H groups in total. The van der Waals surface area contributed by atoms with Crippen LogP contribution in [0.4, 0.5) is 4.79 Å². The summed E-state index contributed by atoms with van der Waals surface area (Å²) < 4.78 is 7.56. The van der Waals surface area contributed by atoms with Crippen LogP contribution in [0.1, 0.15) is 34.1 Å². The third-order valence-corrected chi connectivity index (χ3v) is 3.37. The van der Waals surface area contributed by atoms with Crippen molar-refractivity contribution < 1.29 is 9.53 Å². The van der Waals surface area contributed by atoms with Gasteiger partial charge in [-0.05, 0) is 39.3 Å². The number of aromatic nitrogens is 1. The Balaban J connectivity index is 2.35. The van der Waals surface area contributed by atoms with Crippen molar-refractivity contribution in [2.45, 2.75) is 46.3 Å². The van der Waals surface area contributed by atoms with Crippen molar-refractivity contribution in [2.24, 2.45) is 4.99 Å². The Morgan fingerprint density at radius 1 is 1.16 bits per heavy atom. The predicted octanol–water partition coefficient (Wildman–Crippen LogP) is 2.30. The number of nitrogens with one attached hydrogen (secondary N) is 2. The molecule has 7 nitrogen and oxygen atoms in total. The van der Waals surface area contributed by atoms with Crippen LogP contribution in [0, 0.1) is 0 Å². The Labute approximate surface area is 151 Å². The van der Waals surface area contributed by atoms with Gasteiger partial charge < -0.3 is 24.8 Å². The maximum absolute atomic E-state index is 12.2. The van der Waals surface area contributed by atoms with Crippen LogP contribution in [-0.4, -0.2) is 60.3 Å². The number of hydrogen-bond donors (Lipinski definition) is 2. The Morgan fingerprint density at radius 2 is 1.80 bits per heavy atom. The molecular weight excluding hydrogens is 318 g/mol. The molecule has 0 aliphatic carbocycles. The molecule has 142 valence electrons. The van der Waals surface area contributed by atoms with E-state index in [-0.39, 0.29) is 6.09 Å². The largest absolute Gasteiger partial charge is 0.444 e. The lowest BCUT2D eigenvalue weighted by atomic mass is 10.2. The highest BCUT2D eigenvalue weighted by atomic mass is 16.6. The first-order valence-corrected chi connectivity index (χ1v) is 8.89. The van der Waals surface area contributed by atoms with Gasteiger partial charge in [0.2, 0.25) is 0 Å². The average molecular weight is 351 g/mol. The average Bonchev–Trinajstić information content (AvgIpc) is 3.04. The normalized spacial score (nSPS) is 12.0. The molecule has 0 atom stereocenters. The fourth-order valence-electron chi connectivity index (χ4n) is 2.24. The van der Waals surface area contributed by atoms with Gasteiger partial charge in [0.15, 0.2) is 5.96 Å². The van der Waals surface area contributed by atoms with Crippen LogP contribution >= 0.6 is 0 Å². The van der Waals surface area contributed by atoms with E-state index < -0.39 is 5.60 Å². The van der Waals surface area contributed by atoms with Crippen LogP contribution in [0.25, 0.3) is 0 Å². The molecule has 0 saturated carbocycles. The molecule has 1 aromatic rings. The van der Waals surface area contributed by atoms with Crippen molar-refractivity contribution in [2.75, 3.05) is 33.2 Å². The van der Waals surface area contributed by atoms with Crippen molar-refractivity contribution >= 4 is 12.1 Å². The van der Waals surface area contributed by atoms with Crippen molar-refractivity contribution in [3.63, 3.8) is 0 Å². The number of guanidine groups is 1. The minimum Gasteiger partial charge on any atom is -0.444 e. The van der Waals surface area contributed by atoms with Crippen LogP contribution < -0.4 is 10.6 Å². The zero-order valence-electron chi connectivity index (χ0n) is 16.2. The van der Waals surface area contributed by atoms with Crippen LogP contribution in [0.3, 0.4) is 0 Å². The smallest absolute Gasteiger partial charge is 0.410 e. The van der Waals surface area contributed by atoms with E-state index in [9.17, 15) is 4.79 Å². The number of rotatable bonds is 8. The molecule has 1 rings (SSSR count). The monoisotopic (exact) mass is 351 g/mol. The van der Waals surface area contributed by atoms with Crippen LogP contribution in [0.5, 0.6) is 0 Å². The number of carbonyl (C=O) groups excluding carboxylic acids is 1. The fourth-order valence-corrected chi connectivity index (χ4v) is 2.24. The third kappa shape index (κ3) is 9.02. The molecule has 25 heavy (non-hydrogen) atoms. The number of aliphatic imine (C=N–C) groups is 1. The molecule has 7 heteroatoms. The van der Waals surface area contributed by atoms with E-state index >= 15 is 0 Å². The van der Waals surface area contributed by atoms with Crippen LogP contribution in [-0.2, 0) is 11.3 Å². The minimum atomic E-state index is -0.480. The molecule has 0 aliphatic heterocycles. The van der Waals surface area contributed by atoms with Crippen LogP contribution in [0.2, 0.25) is 0 Å². The molecule has 1 aromatic heterocycles. The molecule has 0 aromatic carbocycles. The molecule has 1 amide bonds. The van der Waals surface area contributed by atoms with E-state index in [2.05, 4.69) is 20.2 Å². The van der Waals surface area contributed by atoms with Gasteiger partial charge in [-0.3, -0.25) is 4.99 Å². The molecule has 0 aliphatic rings. The van der Waals surface area contributed by atoms with E-state index in [1.165, 1.54) is 0 Å². The van der Waals surface area contributed by atoms with Crippen molar-refractivity contribution in [1.82, 2.24) is 20.1 Å². The van der Waals surface area contributed by atoms with Gasteiger partial charge in [0, 0.05) is 52.2 Å². The molecule has 0 fully saturated rings. The number of amides is 1. The van der Waals surface area contributed by atoms with Gasteiger partial charge in [0.25, 0.3) is 0 Å². The SMILES string of the molecule is CCCN(CCNC(=NC)NCCn1cccc1)C(=O)OC(C)(C)C. The van der Waals surface area contributed by atoms with Gasteiger partial charge in [-0.15, -0.1) is 0 Å². The predicted molar refractivity (Wildman–Crippen MR) is 102 cm³/mol. The van der Waals surface area contributed by atoms with E-state index in [0.29, 0.717) is 19.6 Å². The Kier molecular flexibility index (Phi) is 8.88. The lowest BCUT2D eigenvalue weighted by Gasteiger charge is -2.27. The van der Waals surface area contributed by atoms with Crippen molar-refractivity contribution in [1.29, 1.82) is 0 Å². The number of carbonyl (C=O) groups is 1. The summed E-state index contributed by atoms with van der Waals surface area (Å²) in [5.41, 5.74) is -0.480. The summed E-state index contributed by atoms with van der Waals surface area (Å²) in [5, 5.41) is 6.50. The van der Waals surface area contributed by atoms with Crippen molar-refractivity contribution in [3.05, 3.63) is 24.5 Å². The minimum absolute atomic E-state index is 0.272. The summed E-state index contributed by atoms with van der Waals surface area (Å²) >= 11 is 0. The Hall–Kier alpha value is -2.18. The molecule has 0 unspecified atom stereocenters. The van der Waals surface area contributed by atoms with Gasteiger partial charge in [-0.2, -0.15) is 0 Å². The summed E-state index contributed by atoms with van der Waals surface area (Å²) in [5.74, 6) is 0.729. The highest BCUT2D eigenvalue weighted by Gasteiger charge is 2.21. The number of hydrogen-bond acceptors (Lipinski definition) is 3. The first-order valence-electron chi connectivity index (χ1n) is 8.89. The first kappa shape index (κ1) is 20.9. The van der Waals surface area contributed by atoms with Gasteiger partial charge in [0.1, 0.15) is 5.60 Å². The Morgan fingerprint density at radius 3 is 2.36 bits per heavy atom. The molecule has 1 heterocycles. The van der Waals surface area contributed by atoms with E-state index in [0.717, 1.165) is 25.5 Å². The van der Waals surface area contributed by atoms with E-state index in [4.69, 9.17) is 4.74 Å². The zero-order chi connectivity index (χ0) is 18.7. The molecule has 0 saturated heterocycles. The highest BCUT2D eigenvalue weighted by Crippen LogP contribution is 2.10. The maximum Gasteiger partial charge on any atom is 0.410 e. The first-order chi connectivity index (χ1) is 11.9. The van der Waals surface area contributed by atoms with Gasteiger partial charge in [-0.1, -0.05) is 6.92 Å². The second-order valence-corrected chi connectivity index (χ2v) is 6.81. The van der Waals surface area contributed by atoms with E-state index in [1.807, 2.05) is 52.2 Å². The standard InChI is InChI=1S/C18H33N5O2/c1-6-11-23(17(24)25-18(2,3)4)15-10-21-16(19-5)20-9-14-22-12-7-8-13-22/h7-8,12-13H,6,9-11,14-15H2,1-5H3,(H2,19,20,21). The topological polar surface area (TPSA) is 70.9 Å². The van der Waals surface area contributed by atoms with Crippen LogP contribution in [0.15, 0.2) is 29.5 Å². The summed E-state index contributed by atoms with van der Waals surface area (Å²) in [6.07, 6.45) is 4.68. The second-order valence-electron chi connectivity index (χ2n) is 6.81. The summed E-state index contributed by atoms with van der Waals surface area (Å²) in [6, 6.07) is 4.01. The summed E-state index contributed by atoms with van der Waals surface area (Å²) in [7, 11) is 1.74. The molecule has 0 bridgehead atoms. The molecular formula is C18H33N5O2. The lowest BCUT2D eigenvalue weighted by molar-refractivity contribution is 0.0253. The van der Waals surface area contributed by atoms with Gasteiger partial charge >= 0.3 is 6.09 Å². The lowest BCUT2D eigenvalue weighted by Crippen LogP contribution is -2.45. The van der Waals surface area contributed by atoms with E-state index in [1.54, 1.807) is 11.9 Å². The summed E-state index contributed by atoms with van der Waals surface area (Å²) in [6.45, 7) is 11.2. The van der Waals surface area contributed by atoms with Crippen molar-refractivity contribution in [3.8, 4) is 0 Å². The number of ether oxygens (including phenoxy) is 1. The fraction of sp³-hybridized carbons (Fsp3) is 0.667. The highest BCUT2D eigenvalue weighted by molar-refractivity contribution is 5.79. The zero-order valence-corrected chi connectivity index (χ0v) is 16.2. The molecule has 0 radical (unpaired) electrons. The Bertz CT molecular complexity index is 520. The van der Waals surface area contributed by atoms with Gasteiger partial charge in [-0.25, -0.2) is 4.79 Å². The quantitative estimate of drug-likeness (QED) is 0.557. The second kappa shape index (κ2) is 10.6. The summed E-state index contributed by atoms with van der Waals surface area (Å²) in [4.78, 5) is 18.2. The maximum atomic E-state index is 12.2. The third-order valence-electron chi connectivity index (χ3n) is 3.37.